The number of hydrogen-bond donors (Lipinski definition) is 1. The fourth-order valence-electron chi connectivity index (χ4n) is 2.40. The maximum Gasteiger partial charge on any atom is 0.277 e. The van der Waals surface area contributed by atoms with Crippen molar-refractivity contribution < 1.29 is 4.79 Å². The Morgan fingerprint density at radius 1 is 1.36 bits per heavy atom. The molecule has 0 aromatic carbocycles. The normalized spacial score (nSPS) is 15.1. The van der Waals surface area contributed by atoms with E-state index in [1.165, 1.54) is 29.9 Å². The zero-order valence-electron chi connectivity index (χ0n) is 13.7. The second-order valence-corrected chi connectivity index (χ2v) is 8.13. The molecule has 1 saturated carbocycles. The van der Waals surface area contributed by atoms with Crippen LogP contribution in [0.15, 0.2) is 6.07 Å². The third-order valence-corrected chi connectivity index (χ3v) is 4.84. The van der Waals surface area contributed by atoms with E-state index >= 15 is 0 Å². The van der Waals surface area contributed by atoms with Crippen molar-refractivity contribution in [2.45, 2.75) is 58.9 Å². The van der Waals surface area contributed by atoms with Gasteiger partial charge in [-0.3, -0.25) is 14.8 Å². The summed E-state index contributed by atoms with van der Waals surface area (Å²) in [7, 11) is 0. The van der Waals surface area contributed by atoms with Gasteiger partial charge >= 0.3 is 0 Å². The minimum atomic E-state index is -0.182. The molecule has 6 heteroatoms. The van der Waals surface area contributed by atoms with E-state index in [4.69, 9.17) is 0 Å². The van der Waals surface area contributed by atoms with Crippen molar-refractivity contribution >= 4 is 22.4 Å². The quantitative estimate of drug-likeness (QED) is 0.935. The lowest BCUT2D eigenvalue weighted by molar-refractivity contribution is 0.102. The third-order valence-electron chi connectivity index (χ3n) is 3.85. The summed E-state index contributed by atoms with van der Waals surface area (Å²) in [5.41, 5.74) is 2.48. The van der Waals surface area contributed by atoms with Crippen molar-refractivity contribution in [2.75, 3.05) is 5.32 Å². The van der Waals surface area contributed by atoms with E-state index in [0.717, 1.165) is 10.6 Å². The van der Waals surface area contributed by atoms with Crippen LogP contribution in [0.25, 0.3) is 0 Å². The highest BCUT2D eigenvalue weighted by molar-refractivity contribution is 7.15. The van der Waals surface area contributed by atoms with Gasteiger partial charge < -0.3 is 0 Å². The first kappa shape index (κ1) is 15.2. The van der Waals surface area contributed by atoms with Gasteiger partial charge in [0.05, 0.1) is 11.2 Å². The Labute approximate surface area is 134 Å². The van der Waals surface area contributed by atoms with E-state index in [9.17, 15) is 4.79 Å². The summed E-state index contributed by atoms with van der Waals surface area (Å²) in [5.74, 6) is 0.372. The lowest BCUT2D eigenvalue weighted by atomic mass is 10.1. The lowest BCUT2D eigenvalue weighted by Crippen LogP contribution is -2.25. The number of carbonyl (C=O) groups excluding carboxylic acids is 1. The molecule has 22 heavy (non-hydrogen) atoms. The van der Waals surface area contributed by atoms with Gasteiger partial charge in [0.25, 0.3) is 5.91 Å². The molecule has 2 aromatic rings. The Hall–Kier alpha value is -1.69. The largest absolute Gasteiger partial charge is 0.296 e. The van der Waals surface area contributed by atoms with Gasteiger partial charge in [-0.25, -0.2) is 4.98 Å². The van der Waals surface area contributed by atoms with Crippen LogP contribution in [0.1, 0.15) is 66.3 Å². The summed E-state index contributed by atoms with van der Waals surface area (Å²) in [6, 6.07) is 1.94. The van der Waals surface area contributed by atoms with Crippen LogP contribution < -0.4 is 5.32 Å². The lowest BCUT2D eigenvalue weighted by Gasteiger charge is -2.22. The molecule has 0 aliphatic heterocycles. The fraction of sp³-hybridized carbons (Fsp3) is 0.562. The van der Waals surface area contributed by atoms with E-state index in [0.29, 0.717) is 16.7 Å². The van der Waals surface area contributed by atoms with E-state index in [2.05, 4.69) is 36.2 Å². The van der Waals surface area contributed by atoms with Crippen molar-refractivity contribution in [2.24, 2.45) is 0 Å². The molecule has 1 aliphatic rings. The molecule has 2 aromatic heterocycles. The molecule has 3 rings (SSSR count). The second kappa shape index (κ2) is 5.19. The zero-order valence-corrected chi connectivity index (χ0v) is 14.5. The van der Waals surface area contributed by atoms with Crippen molar-refractivity contribution in [3.8, 4) is 0 Å². The smallest absolute Gasteiger partial charge is 0.277 e. The monoisotopic (exact) mass is 318 g/mol. The van der Waals surface area contributed by atoms with Crippen LogP contribution in [0.4, 0.5) is 5.13 Å². The highest BCUT2D eigenvalue weighted by Gasteiger charge is 2.32. The summed E-state index contributed by atoms with van der Waals surface area (Å²) in [6.07, 6.45) is 2.38. The molecule has 1 aliphatic carbocycles. The highest BCUT2D eigenvalue weighted by atomic mass is 32.1. The molecule has 1 amide bonds. The molecular formula is C16H22N4OS. The average molecular weight is 318 g/mol. The minimum absolute atomic E-state index is 0.120. The van der Waals surface area contributed by atoms with Crippen LogP contribution in [0, 0.1) is 13.8 Å². The number of anilines is 1. The SMILES string of the molecule is Cc1nc(NC(=O)c2cc(C3CC3)n(C(C)(C)C)n2)sc1C. The van der Waals surface area contributed by atoms with Crippen molar-refractivity contribution in [1.29, 1.82) is 0 Å². The molecule has 0 spiro atoms. The molecular weight excluding hydrogens is 296 g/mol. The first-order valence-corrected chi connectivity index (χ1v) is 8.43. The first-order chi connectivity index (χ1) is 10.3. The van der Waals surface area contributed by atoms with Crippen LogP contribution in [0.3, 0.4) is 0 Å². The number of amides is 1. The van der Waals surface area contributed by atoms with Crippen LogP contribution in [0.2, 0.25) is 0 Å². The van der Waals surface area contributed by atoms with Crippen molar-refractivity contribution in [3.05, 3.63) is 28.0 Å². The number of nitrogens with zero attached hydrogens (tertiary/aromatic N) is 3. The highest BCUT2D eigenvalue weighted by Crippen LogP contribution is 2.41. The van der Waals surface area contributed by atoms with Crippen molar-refractivity contribution in [1.82, 2.24) is 14.8 Å². The molecule has 118 valence electrons. The van der Waals surface area contributed by atoms with Crippen LogP contribution in [-0.4, -0.2) is 20.7 Å². The number of carbonyl (C=O) groups is 1. The molecule has 0 radical (unpaired) electrons. The Morgan fingerprint density at radius 3 is 2.55 bits per heavy atom. The molecule has 5 nitrogen and oxygen atoms in total. The minimum Gasteiger partial charge on any atom is -0.296 e. The van der Waals surface area contributed by atoms with Gasteiger partial charge in [0, 0.05) is 16.5 Å². The van der Waals surface area contributed by atoms with Crippen LogP contribution >= 0.6 is 11.3 Å². The molecule has 0 bridgehead atoms. The maximum absolute atomic E-state index is 12.4. The number of aromatic nitrogens is 3. The van der Waals surface area contributed by atoms with Gasteiger partial charge in [0.15, 0.2) is 10.8 Å². The Balaban J connectivity index is 1.86. The van der Waals surface area contributed by atoms with Gasteiger partial charge in [0.2, 0.25) is 0 Å². The van der Waals surface area contributed by atoms with Gasteiger partial charge in [-0.15, -0.1) is 11.3 Å². The van der Waals surface area contributed by atoms with E-state index in [-0.39, 0.29) is 11.4 Å². The summed E-state index contributed by atoms with van der Waals surface area (Å²) in [4.78, 5) is 17.9. The number of thiazole rings is 1. The first-order valence-electron chi connectivity index (χ1n) is 7.61. The predicted octanol–water partition coefficient (Wildman–Crippen LogP) is 3.84. The Morgan fingerprint density at radius 2 is 2.05 bits per heavy atom. The predicted molar refractivity (Wildman–Crippen MR) is 88.7 cm³/mol. The Bertz CT molecular complexity index is 700. The zero-order chi connectivity index (χ0) is 16.1. The topological polar surface area (TPSA) is 59.8 Å². The molecule has 0 atom stereocenters. The van der Waals surface area contributed by atoms with Crippen LogP contribution in [-0.2, 0) is 5.54 Å². The summed E-state index contributed by atoms with van der Waals surface area (Å²) in [5, 5.41) is 8.05. The third kappa shape index (κ3) is 2.92. The van der Waals surface area contributed by atoms with E-state index in [1.54, 1.807) is 0 Å². The molecule has 2 heterocycles. The van der Waals surface area contributed by atoms with Gasteiger partial charge in [-0.05, 0) is 53.5 Å². The molecule has 1 fully saturated rings. The standard InChI is InChI=1S/C16H22N4OS/c1-9-10(2)22-15(17-9)18-14(21)12-8-13(11-6-7-11)20(19-12)16(3,4)5/h8,11H,6-7H2,1-5H3,(H,17,18,21). The van der Waals surface area contributed by atoms with Gasteiger partial charge in [0.1, 0.15) is 0 Å². The molecule has 1 N–H and O–H groups in total. The molecule has 0 saturated heterocycles. The average Bonchev–Trinajstić information content (AvgIpc) is 3.06. The molecule has 0 unspecified atom stereocenters. The number of aryl methyl sites for hydroxylation is 2. The maximum atomic E-state index is 12.4. The number of hydrogen-bond acceptors (Lipinski definition) is 4. The summed E-state index contributed by atoms with van der Waals surface area (Å²) < 4.78 is 2.00. The number of rotatable bonds is 3. The van der Waals surface area contributed by atoms with Crippen LogP contribution in [0.5, 0.6) is 0 Å². The number of nitrogens with one attached hydrogen (secondary N) is 1. The van der Waals surface area contributed by atoms with E-state index < -0.39 is 0 Å². The summed E-state index contributed by atoms with van der Waals surface area (Å²) >= 11 is 1.49. The fourth-order valence-corrected chi connectivity index (χ4v) is 3.21. The van der Waals surface area contributed by atoms with E-state index in [1.807, 2.05) is 24.6 Å². The second-order valence-electron chi connectivity index (χ2n) is 6.93. The van der Waals surface area contributed by atoms with Gasteiger partial charge in [-0.2, -0.15) is 5.10 Å². The van der Waals surface area contributed by atoms with Gasteiger partial charge in [-0.1, -0.05) is 0 Å². The Kier molecular flexibility index (Phi) is 3.59. The van der Waals surface area contributed by atoms with Crippen molar-refractivity contribution in [3.63, 3.8) is 0 Å². The summed E-state index contributed by atoms with van der Waals surface area (Å²) in [6.45, 7) is 10.3.